The molecule has 0 fully saturated rings. The van der Waals surface area contributed by atoms with Crippen molar-refractivity contribution in [2.45, 2.75) is 6.42 Å². The summed E-state index contributed by atoms with van der Waals surface area (Å²) in [4.78, 5) is 14.5. The van der Waals surface area contributed by atoms with Crippen molar-refractivity contribution in [1.82, 2.24) is 9.55 Å². The highest BCUT2D eigenvalue weighted by Crippen LogP contribution is 2.10. The molecule has 0 aliphatic rings. The number of imidazole rings is 1. The summed E-state index contributed by atoms with van der Waals surface area (Å²) in [5.41, 5.74) is 7.13. The molecule has 4 heteroatoms. The third-order valence-electron chi connectivity index (χ3n) is 2.32. The zero-order valence-corrected chi connectivity index (χ0v) is 9.28. The molecule has 0 spiro atoms. The van der Waals surface area contributed by atoms with E-state index in [1.807, 2.05) is 41.1 Å². The standard InChI is InChI=1S/C13H13N3O/c14-13(17)3-1-2-11-4-6-12(7-5-11)16-9-8-15-10-16/h1-2,4-10H,3H2,(H2,14,17). The number of aromatic nitrogens is 2. The number of hydrogen-bond donors (Lipinski definition) is 1. The monoisotopic (exact) mass is 227 g/mol. The third kappa shape index (κ3) is 3.04. The van der Waals surface area contributed by atoms with Crippen LogP contribution in [0.25, 0.3) is 11.8 Å². The maximum Gasteiger partial charge on any atom is 0.221 e. The molecule has 0 saturated carbocycles. The van der Waals surface area contributed by atoms with E-state index in [1.165, 1.54) is 0 Å². The Morgan fingerprint density at radius 1 is 1.35 bits per heavy atom. The summed E-state index contributed by atoms with van der Waals surface area (Å²) in [6, 6.07) is 7.94. The van der Waals surface area contributed by atoms with Crippen LogP contribution in [0.1, 0.15) is 12.0 Å². The third-order valence-corrected chi connectivity index (χ3v) is 2.32. The van der Waals surface area contributed by atoms with Gasteiger partial charge in [0.2, 0.25) is 5.91 Å². The maximum atomic E-state index is 10.6. The molecule has 2 N–H and O–H groups in total. The predicted octanol–water partition coefficient (Wildman–Crippen LogP) is 1.76. The van der Waals surface area contributed by atoms with Crippen molar-refractivity contribution in [3.05, 3.63) is 54.6 Å². The highest BCUT2D eigenvalue weighted by Gasteiger charge is 1.94. The Morgan fingerprint density at radius 3 is 2.71 bits per heavy atom. The molecule has 4 nitrogen and oxygen atoms in total. The molecule has 1 aromatic heterocycles. The molecule has 2 rings (SSSR count). The van der Waals surface area contributed by atoms with Gasteiger partial charge in [0.15, 0.2) is 0 Å². The van der Waals surface area contributed by atoms with E-state index >= 15 is 0 Å². The lowest BCUT2D eigenvalue weighted by Gasteiger charge is -2.01. The molecule has 1 amide bonds. The van der Waals surface area contributed by atoms with Gasteiger partial charge in [-0.1, -0.05) is 24.3 Å². The molecule has 17 heavy (non-hydrogen) atoms. The SMILES string of the molecule is NC(=O)CC=Cc1ccc(-n2ccnc2)cc1. The number of rotatable bonds is 4. The minimum Gasteiger partial charge on any atom is -0.369 e. The molecule has 0 bridgehead atoms. The Balaban J connectivity index is 2.08. The highest BCUT2D eigenvalue weighted by atomic mass is 16.1. The van der Waals surface area contributed by atoms with E-state index in [0.717, 1.165) is 11.3 Å². The average molecular weight is 227 g/mol. The summed E-state index contributed by atoms with van der Waals surface area (Å²) in [7, 11) is 0. The van der Waals surface area contributed by atoms with E-state index in [0.29, 0.717) is 0 Å². The lowest BCUT2D eigenvalue weighted by molar-refractivity contribution is -0.117. The van der Waals surface area contributed by atoms with E-state index in [-0.39, 0.29) is 12.3 Å². The fourth-order valence-electron chi connectivity index (χ4n) is 1.48. The van der Waals surface area contributed by atoms with Crippen LogP contribution in [0.15, 0.2) is 49.1 Å². The van der Waals surface area contributed by atoms with Gasteiger partial charge in [0, 0.05) is 24.5 Å². The van der Waals surface area contributed by atoms with Crippen LogP contribution < -0.4 is 5.73 Å². The van der Waals surface area contributed by atoms with Crippen molar-refractivity contribution in [3.63, 3.8) is 0 Å². The molecule has 0 aliphatic carbocycles. The first kappa shape index (κ1) is 11.1. The number of nitrogens with two attached hydrogens (primary N) is 1. The van der Waals surface area contributed by atoms with Gasteiger partial charge in [-0.2, -0.15) is 0 Å². The van der Waals surface area contributed by atoms with E-state index in [1.54, 1.807) is 18.6 Å². The first-order valence-electron chi connectivity index (χ1n) is 5.29. The molecule has 0 unspecified atom stereocenters. The van der Waals surface area contributed by atoms with E-state index in [4.69, 9.17) is 5.73 Å². The number of amides is 1. The van der Waals surface area contributed by atoms with Crippen LogP contribution in [0.2, 0.25) is 0 Å². The number of hydrogen-bond acceptors (Lipinski definition) is 2. The second-order valence-electron chi connectivity index (χ2n) is 3.63. The summed E-state index contributed by atoms with van der Waals surface area (Å²) in [5.74, 6) is -0.323. The van der Waals surface area contributed by atoms with Gasteiger partial charge in [0.05, 0.1) is 6.33 Å². The van der Waals surface area contributed by atoms with Crippen LogP contribution in [0.4, 0.5) is 0 Å². The van der Waals surface area contributed by atoms with E-state index in [9.17, 15) is 4.79 Å². The lowest BCUT2D eigenvalue weighted by atomic mass is 10.2. The Labute approximate surface area is 99.4 Å². The molecule has 2 aromatic rings. The number of carbonyl (C=O) groups excluding carboxylic acids is 1. The summed E-state index contributed by atoms with van der Waals surface area (Å²) in [6.45, 7) is 0. The van der Waals surface area contributed by atoms with Crippen molar-refractivity contribution < 1.29 is 4.79 Å². The zero-order chi connectivity index (χ0) is 12.1. The fraction of sp³-hybridized carbons (Fsp3) is 0.0769. The summed E-state index contributed by atoms with van der Waals surface area (Å²) in [6.07, 6.45) is 9.27. The van der Waals surface area contributed by atoms with Gasteiger partial charge in [0.25, 0.3) is 0 Å². The number of benzene rings is 1. The van der Waals surface area contributed by atoms with Crippen LogP contribution in [0, 0.1) is 0 Å². The summed E-state index contributed by atoms with van der Waals surface area (Å²) < 4.78 is 1.93. The smallest absolute Gasteiger partial charge is 0.221 e. The second-order valence-corrected chi connectivity index (χ2v) is 3.63. The molecular formula is C13H13N3O. The van der Waals surface area contributed by atoms with Gasteiger partial charge in [-0.25, -0.2) is 4.98 Å². The Hall–Kier alpha value is -2.36. The molecule has 0 radical (unpaired) electrons. The highest BCUT2D eigenvalue weighted by molar-refractivity contribution is 5.76. The minimum atomic E-state index is -0.323. The van der Waals surface area contributed by atoms with Crippen LogP contribution >= 0.6 is 0 Å². The maximum absolute atomic E-state index is 10.6. The molecular weight excluding hydrogens is 214 g/mol. The molecule has 0 atom stereocenters. The zero-order valence-electron chi connectivity index (χ0n) is 9.28. The Morgan fingerprint density at radius 2 is 2.12 bits per heavy atom. The first-order chi connectivity index (χ1) is 8.25. The number of primary amides is 1. The fourth-order valence-corrected chi connectivity index (χ4v) is 1.48. The van der Waals surface area contributed by atoms with Crippen LogP contribution in [0.3, 0.4) is 0 Å². The van der Waals surface area contributed by atoms with Gasteiger partial charge in [0.1, 0.15) is 0 Å². The van der Waals surface area contributed by atoms with Crippen molar-refractivity contribution in [2.75, 3.05) is 0 Å². The number of carbonyl (C=O) groups is 1. The topological polar surface area (TPSA) is 60.9 Å². The molecule has 0 saturated heterocycles. The predicted molar refractivity (Wildman–Crippen MR) is 66.4 cm³/mol. The van der Waals surface area contributed by atoms with Gasteiger partial charge in [-0.15, -0.1) is 0 Å². The van der Waals surface area contributed by atoms with Gasteiger partial charge < -0.3 is 10.3 Å². The van der Waals surface area contributed by atoms with Crippen LogP contribution in [-0.2, 0) is 4.79 Å². The van der Waals surface area contributed by atoms with Gasteiger partial charge >= 0.3 is 0 Å². The van der Waals surface area contributed by atoms with Gasteiger partial charge in [-0.3, -0.25) is 4.79 Å². The lowest BCUT2D eigenvalue weighted by Crippen LogP contribution is -2.07. The molecule has 0 aliphatic heterocycles. The molecule has 1 heterocycles. The molecule has 1 aromatic carbocycles. The van der Waals surface area contributed by atoms with Crippen LogP contribution in [-0.4, -0.2) is 15.5 Å². The second kappa shape index (κ2) is 5.12. The van der Waals surface area contributed by atoms with Crippen molar-refractivity contribution in [1.29, 1.82) is 0 Å². The minimum absolute atomic E-state index is 0.267. The number of nitrogens with zero attached hydrogens (tertiary/aromatic N) is 2. The summed E-state index contributed by atoms with van der Waals surface area (Å²) in [5, 5.41) is 0. The largest absolute Gasteiger partial charge is 0.369 e. The quantitative estimate of drug-likeness (QED) is 0.865. The molecule has 86 valence electrons. The van der Waals surface area contributed by atoms with Crippen LogP contribution in [0.5, 0.6) is 0 Å². The average Bonchev–Trinajstić information content (AvgIpc) is 2.83. The normalized spacial score (nSPS) is 10.8. The first-order valence-corrected chi connectivity index (χ1v) is 5.29. The van der Waals surface area contributed by atoms with E-state index in [2.05, 4.69) is 4.98 Å². The van der Waals surface area contributed by atoms with Gasteiger partial charge in [-0.05, 0) is 17.7 Å². The summed E-state index contributed by atoms with van der Waals surface area (Å²) >= 11 is 0. The van der Waals surface area contributed by atoms with Crippen molar-refractivity contribution in [3.8, 4) is 5.69 Å². The van der Waals surface area contributed by atoms with E-state index < -0.39 is 0 Å². The Kier molecular flexibility index (Phi) is 3.35. The Bertz CT molecular complexity index is 512. The van der Waals surface area contributed by atoms with Crippen molar-refractivity contribution >= 4 is 12.0 Å². The van der Waals surface area contributed by atoms with Crippen molar-refractivity contribution in [2.24, 2.45) is 5.73 Å².